The zero-order valence-corrected chi connectivity index (χ0v) is 10.2. The molecule has 0 bridgehead atoms. The SMILES string of the molecule is NCCC[Si-2]123OCC[N+]1(CCO2)CC[OH+]3. The van der Waals surface area contributed by atoms with Crippen LogP contribution in [-0.4, -0.2) is 62.8 Å². The molecule has 0 radical (unpaired) electrons. The van der Waals surface area contributed by atoms with Gasteiger partial charge < -0.3 is 0 Å². The summed E-state index contributed by atoms with van der Waals surface area (Å²) in [4.78, 5) is 0. The van der Waals surface area contributed by atoms with E-state index in [1.54, 1.807) is 0 Å². The second-order valence-electron chi connectivity index (χ2n) is 4.94. The summed E-state index contributed by atoms with van der Waals surface area (Å²) in [5.41, 5.74) is 5.63. The maximum absolute atomic E-state index is 6.15. The summed E-state index contributed by atoms with van der Waals surface area (Å²) in [5.74, 6) is 0. The molecule has 3 aliphatic rings. The van der Waals surface area contributed by atoms with Crippen LogP contribution in [0.4, 0.5) is 0 Å². The van der Waals surface area contributed by atoms with Crippen molar-refractivity contribution in [2.24, 2.45) is 5.73 Å². The predicted octanol–water partition coefficient (Wildman–Crippen LogP) is -0.856. The summed E-state index contributed by atoms with van der Waals surface area (Å²) in [5, 5.41) is 0. The Kier molecular flexibility index (Phi) is 2.06. The van der Waals surface area contributed by atoms with Crippen LogP contribution >= 0.6 is 0 Å². The molecule has 0 aromatic rings. The summed E-state index contributed by atoms with van der Waals surface area (Å²) in [6.45, 7) is 6.68. The van der Waals surface area contributed by atoms with Crippen molar-refractivity contribution in [1.29, 1.82) is 0 Å². The van der Waals surface area contributed by atoms with Crippen LogP contribution < -0.4 is 5.73 Å². The molecule has 89 valence electrons. The van der Waals surface area contributed by atoms with Gasteiger partial charge in [0.05, 0.1) is 0 Å². The van der Waals surface area contributed by atoms with Crippen LogP contribution in [-0.2, 0) is 8.85 Å². The first-order chi connectivity index (χ1) is 7.26. The average Bonchev–Trinajstić information content (AvgIpc) is 2.73. The van der Waals surface area contributed by atoms with Crippen molar-refractivity contribution in [2.45, 2.75) is 12.5 Å². The summed E-state index contributed by atoms with van der Waals surface area (Å²) < 4.78 is 18.2. The first-order valence-electron chi connectivity index (χ1n) is 5.96. The number of aliphatic hydroxyl groups is 1. The van der Waals surface area contributed by atoms with E-state index in [0.29, 0.717) is 6.54 Å². The summed E-state index contributed by atoms with van der Waals surface area (Å²) in [7, 11) is -2.93. The van der Waals surface area contributed by atoms with Crippen molar-refractivity contribution >= 4 is 8.24 Å². The maximum atomic E-state index is 6.15. The second-order valence-corrected chi connectivity index (χ2v) is 9.59. The normalized spacial score (nSPS) is 43.1. The van der Waals surface area contributed by atoms with Gasteiger partial charge in [-0.05, 0) is 0 Å². The molecule has 5 nitrogen and oxygen atoms in total. The van der Waals surface area contributed by atoms with Crippen LogP contribution in [0, 0.1) is 0 Å². The molecule has 0 unspecified atom stereocenters. The Bertz CT molecular complexity index is 254. The van der Waals surface area contributed by atoms with Gasteiger partial charge in [-0.2, -0.15) is 0 Å². The number of hydrogen-bond acceptors (Lipinski definition) is 3. The van der Waals surface area contributed by atoms with E-state index in [1.165, 1.54) is 0 Å². The molecule has 0 spiro atoms. The molecule has 3 rings (SSSR count). The topological polar surface area (TPSA) is 57.3 Å². The Balaban J connectivity index is 1.98. The molecule has 0 amide bonds. The van der Waals surface area contributed by atoms with Crippen LogP contribution in [0.3, 0.4) is 0 Å². The molecule has 3 saturated heterocycles. The standard InChI is InChI=1S/C9H21N2O3Si/c10-2-1-9-15-11(3-6-12-15,4-7-13-15)5-8-14-15/h12H,1-10H2. The van der Waals surface area contributed by atoms with Gasteiger partial charge in [0.15, 0.2) is 0 Å². The fraction of sp³-hybridized carbons (Fsp3) is 1.00. The molecular weight excluding hydrogens is 212 g/mol. The van der Waals surface area contributed by atoms with Gasteiger partial charge in [-0.25, -0.2) is 0 Å². The van der Waals surface area contributed by atoms with Crippen molar-refractivity contribution < 1.29 is 17.4 Å². The van der Waals surface area contributed by atoms with E-state index < -0.39 is 8.24 Å². The fourth-order valence-corrected chi connectivity index (χ4v) is 9.72. The van der Waals surface area contributed by atoms with E-state index in [-0.39, 0.29) is 0 Å². The van der Waals surface area contributed by atoms with Gasteiger partial charge in [-0.15, -0.1) is 0 Å². The van der Waals surface area contributed by atoms with E-state index in [0.717, 1.165) is 56.1 Å². The van der Waals surface area contributed by atoms with Crippen LogP contribution in [0.25, 0.3) is 0 Å². The van der Waals surface area contributed by atoms with Gasteiger partial charge in [-0.3, -0.25) is 0 Å². The second kappa shape index (κ2) is 3.03. The van der Waals surface area contributed by atoms with Gasteiger partial charge in [0.2, 0.25) is 0 Å². The molecule has 6 heteroatoms. The quantitative estimate of drug-likeness (QED) is 0.510. The van der Waals surface area contributed by atoms with Gasteiger partial charge >= 0.3 is 89.9 Å². The summed E-state index contributed by atoms with van der Waals surface area (Å²) >= 11 is 0. The van der Waals surface area contributed by atoms with Gasteiger partial charge in [0.1, 0.15) is 0 Å². The third kappa shape index (κ3) is 0.999. The molecule has 0 saturated carbocycles. The number of nitrogens with two attached hydrogens (primary N) is 1. The molecule has 0 atom stereocenters. The minimum absolute atomic E-state index is 0.714. The molecule has 3 aliphatic heterocycles. The van der Waals surface area contributed by atoms with Gasteiger partial charge in [-0.1, -0.05) is 0 Å². The Morgan fingerprint density at radius 2 is 1.93 bits per heavy atom. The third-order valence-corrected chi connectivity index (χ3v) is 10.7. The molecule has 3 heterocycles. The fourth-order valence-electron chi connectivity index (χ4n) is 3.73. The first-order valence-corrected chi connectivity index (χ1v) is 8.38. The number of rotatable bonds is 3. The number of hydrogen-bond donors (Lipinski definition) is 1. The van der Waals surface area contributed by atoms with E-state index in [4.69, 9.17) is 19.0 Å². The zero-order valence-electron chi connectivity index (χ0n) is 9.15. The molecule has 0 aliphatic carbocycles. The van der Waals surface area contributed by atoms with Gasteiger partial charge in [0.25, 0.3) is 0 Å². The molecular formula is C9H21N2O3Si. The zero-order chi connectivity index (χ0) is 10.4. The molecule has 3 fully saturated rings. The minimum atomic E-state index is -2.93. The summed E-state index contributed by atoms with van der Waals surface area (Å²) in [6.07, 6.45) is 0.983. The van der Waals surface area contributed by atoms with E-state index in [2.05, 4.69) is 0 Å². The Morgan fingerprint density at radius 3 is 2.60 bits per heavy atom. The number of quaternary nitrogens is 1. The Labute approximate surface area is 90.5 Å². The first kappa shape index (κ1) is 10.2. The molecule has 3 N–H and O–H groups in total. The monoisotopic (exact) mass is 233 g/mol. The van der Waals surface area contributed by atoms with Crippen LogP contribution in [0.15, 0.2) is 0 Å². The van der Waals surface area contributed by atoms with E-state index in [9.17, 15) is 0 Å². The number of nitrogens with zero attached hydrogens (tertiary/aromatic N) is 1. The predicted molar refractivity (Wildman–Crippen MR) is 58.1 cm³/mol. The van der Waals surface area contributed by atoms with Crippen molar-refractivity contribution in [3.05, 3.63) is 0 Å². The van der Waals surface area contributed by atoms with Gasteiger partial charge in [0, 0.05) is 0 Å². The molecule has 0 aromatic heterocycles. The van der Waals surface area contributed by atoms with Crippen LogP contribution in [0.2, 0.25) is 6.04 Å². The average molecular weight is 233 g/mol. The summed E-state index contributed by atoms with van der Waals surface area (Å²) in [6, 6.07) is 0.969. The third-order valence-electron chi connectivity index (χ3n) is 4.52. The Morgan fingerprint density at radius 1 is 1.20 bits per heavy atom. The van der Waals surface area contributed by atoms with E-state index in [1.807, 2.05) is 0 Å². The van der Waals surface area contributed by atoms with Crippen LogP contribution in [0.1, 0.15) is 6.42 Å². The molecule has 0 aromatic carbocycles. The van der Waals surface area contributed by atoms with E-state index >= 15 is 0 Å². The van der Waals surface area contributed by atoms with Crippen molar-refractivity contribution in [3.63, 3.8) is 0 Å². The molecule has 15 heavy (non-hydrogen) atoms. The van der Waals surface area contributed by atoms with Crippen molar-refractivity contribution in [3.8, 4) is 0 Å². The van der Waals surface area contributed by atoms with Crippen molar-refractivity contribution in [2.75, 3.05) is 46.0 Å². The van der Waals surface area contributed by atoms with Crippen LogP contribution in [0.5, 0.6) is 0 Å². The Hall–Kier alpha value is 0.0169. The van der Waals surface area contributed by atoms with Crippen molar-refractivity contribution in [1.82, 2.24) is 0 Å².